The van der Waals surface area contributed by atoms with E-state index in [1.165, 1.54) is 17.3 Å². The molecule has 3 aromatic carbocycles. The number of aromatic nitrogens is 2. The zero-order valence-corrected chi connectivity index (χ0v) is 19.6. The van der Waals surface area contributed by atoms with E-state index in [-0.39, 0.29) is 23.3 Å². The van der Waals surface area contributed by atoms with Gasteiger partial charge in [0, 0.05) is 6.04 Å². The number of nitrogens with zero attached hydrogens (tertiary/aromatic N) is 2. The molecular formula is C27H27N3O2S. The summed E-state index contributed by atoms with van der Waals surface area (Å²) < 4.78 is 1.60. The maximum atomic E-state index is 13.3. The summed E-state index contributed by atoms with van der Waals surface area (Å²) in [7, 11) is 0. The van der Waals surface area contributed by atoms with Crippen LogP contribution in [-0.4, -0.2) is 27.3 Å². The third-order valence-electron chi connectivity index (χ3n) is 5.49. The minimum Gasteiger partial charge on any atom is -0.353 e. The van der Waals surface area contributed by atoms with Gasteiger partial charge in [-0.3, -0.25) is 14.2 Å². The Hall–Kier alpha value is -3.38. The van der Waals surface area contributed by atoms with Gasteiger partial charge in [0.25, 0.3) is 5.56 Å². The largest absolute Gasteiger partial charge is 0.353 e. The maximum Gasteiger partial charge on any atom is 0.266 e. The van der Waals surface area contributed by atoms with Crippen molar-refractivity contribution in [2.24, 2.45) is 0 Å². The number of aryl methyl sites for hydroxylation is 2. The number of carbonyl (C=O) groups excluding carboxylic acids is 1. The predicted octanol–water partition coefficient (Wildman–Crippen LogP) is 4.92. The number of hydrogen-bond acceptors (Lipinski definition) is 4. The SMILES string of the molecule is Cc1ccc(-n2c(SCC(=O)NC(C)CCc3ccccc3)nc3ccccc3c2=O)cc1. The van der Waals surface area contributed by atoms with Gasteiger partial charge >= 0.3 is 0 Å². The first-order chi connectivity index (χ1) is 16.0. The molecule has 0 aliphatic carbocycles. The molecule has 0 bridgehead atoms. The average Bonchev–Trinajstić information content (AvgIpc) is 2.83. The third-order valence-corrected chi connectivity index (χ3v) is 6.42. The second-order valence-corrected chi connectivity index (χ2v) is 9.11. The molecule has 0 fully saturated rings. The Bertz CT molecular complexity index is 1300. The number of carbonyl (C=O) groups is 1. The average molecular weight is 458 g/mol. The van der Waals surface area contributed by atoms with Crippen molar-refractivity contribution >= 4 is 28.6 Å². The molecule has 0 aliphatic rings. The molecule has 1 unspecified atom stereocenters. The summed E-state index contributed by atoms with van der Waals surface area (Å²) in [4.78, 5) is 30.6. The van der Waals surface area contributed by atoms with Gasteiger partial charge in [0.15, 0.2) is 5.16 Å². The molecule has 5 nitrogen and oxygen atoms in total. The van der Waals surface area contributed by atoms with E-state index in [2.05, 4.69) is 17.4 Å². The van der Waals surface area contributed by atoms with Gasteiger partial charge in [-0.15, -0.1) is 0 Å². The van der Waals surface area contributed by atoms with Crippen LogP contribution in [0.4, 0.5) is 0 Å². The number of hydrogen-bond donors (Lipinski definition) is 1. The molecule has 168 valence electrons. The molecule has 1 amide bonds. The number of amides is 1. The van der Waals surface area contributed by atoms with Crippen LogP contribution in [0.15, 0.2) is 88.8 Å². The molecule has 1 aromatic heterocycles. The summed E-state index contributed by atoms with van der Waals surface area (Å²) in [5, 5.41) is 4.13. The standard InChI is InChI=1S/C27H27N3O2S/c1-19-12-16-22(17-13-19)30-26(32)23-10-6-7-11-24(23)29-27(30)33-18-25(31)28-20(2)14-15-21-8-4-3-5-9-21/h3-13,16-17,20H,14-15,18H2,1-2H3,(H,28,31). The molecule has 1 atom stereocenters. The monoisotopic (exact) mass is 457 g/mol. The topological polar surface area (TPSA) is 64.0 Å². The summed E-state index contributed by atoms with van der Waals surface area (Å²) >= 11 is 1.28. The highest BCUT2D eigenvalue weighted by Gasteiger charge is 2.15. The highest BCUT2D eigenvalue weighted by atomic mass is 32.2. The Morgan fingerprint density at radius 2 is 1.70 bits per heavy atom. The second-order valence-electron chi connectivity index (χ2n) is 8.17. The molecule has 6 heteroatoms. The molecule has 0 saturated heterocycles. The van der Waals surface area contributed by atoms with Crippen molar-refractivity contribution in [1.82, 2.24) is 14.9 Å². The summed E-state index contributed by atoms with van der Waals surface area (Å²) in [6.07, 6.45) is 1.78. The van der Waals surface area contributed by atoms with Crippen LogP contribution >= 0.6 is 11.8 Å². The number of benzene rings is 3. The fraction of sp³-hybridized carbons (Fsp3) is 0.222. The van der Waals surface area contributed by atoms with E-state index in [1.54, 1.807) is 10.6 Å². The van der Waals surface area contributed by atoms with E-state index >= 15 is 0 Å². The first-order valence-corrected chi connectivity index (χ1v) is 12.0. The smallest absolute Gasteiger partial charge is 0.266 e. The number of thioether (sulfide) groups is 1. The Balaban J connectivity index is 1.49. The number of para-hydroxylation sites is 1. The van der Waals surface area contributed by atoms with Crippen molar-refractivity contribution in [3.63, 3.8) is 0 Å². The maximum absolute atomic E-state index is 13.3. The van der Waals surface area contributed by atoms with Crippen LogP contribution in [0, 0.1) is 6.92 Å². The minimum atomic E-state index is -0.136. The van der Waals surface area contributed by atoms with Crippen LogP contribution in [-0.2, 0) is 11.2 Å². The van der Waals surface area contributed by atoms with Crippen LogP contribution in [0.2, 0.25) is 0 Å². The number of fused-ring (bicyclic) bond motifs is 1. The molecule has 4 aromatic rings. The molecule has 0 saturated carbocycles. The molecule has 4 rings (SSSR count). The van der Waals surface area contributed by atoms with Gasteiger partial charge < -0.3 is 5.32 Å². The van der Waals surface area contributed by atoms with Crippen LogP contribution < -0.4 is 10.9 Å². The highest BCUT2D eigenvalue weighted by molar-refractivity contribution is 7.99. The Labute approximate surface area is 197 Å². The van der Waals surface area contributed by atoms with Crippen LogP contribution in [0.25, 0.3) is 16.6 Å². The molecule has 1 N–H and O–H groups in total. The Kier molecular flexibility index (Phi) is 7.25. The zero-order valence-electron chi connectivity index (χ0n) is 18.8. The quantitative estimate of drug-likeness (QED) is 0.301. The molecule has 0 radical (unpaired) electrons. The lowest BCUT2D eigenvalue weighted by Gasteiger charge is -2.15. The van der Waals surface area contributed by atoms with Gasteiger partial charge in [0.1, 0.15) is 0 Å². The highest BCUT2D eigenvalue weighted by Crippen LogP contribution is 2.21. The minimum absolute atomic E-state index is 0.0576. The Morgan fingerprint density at radius 1 is 1.00 bits per heavy atom. The lowest BCUT2D eigenvalue weighted by atomic mass is 10.1. The van der Waals surface area contributed by atoms with Crippen molar-refractivity contribution in [3.8, 4) is 5.69 Å². The van der Waals surface area contributed by atoms with Gasteiger partial charge in [-0.25, -0.2) is 4.98 Å². The van der Waals surface area contributed by atoms with Crippen molar-refractivity contribution in [1.29, 1.82) is 0 Å². The predicted molar refractivity (Wildman–Crippen MR) is 135 cm³/mol. The molecule has 1 heterocycles. The van der Waals surface area contributed by atoms with Crippen LogP contribution in [0.3, 0.4) is 0 Å². The van der Waals surface area contributed by atoms with E-state index in [4.69, 9.17) is 4.98 Å². The fourth-order valence-electron chi connectivity index (χ4n) is 3.68. The van der Waals surface area contributed by atoms with Crippen molar-refractivity contribution in [3.05, 3.63) is 100 Å². The second kappa shape index (κ2) is 10.5. The normalized spacial score (nSPS) is 11.9. The van der Waals surface area contributed by atoms with Gasteiger partial charge in [0.2, 0.25) is 5.91 Å². The molecule has 33 heavy (non-hydrogen) atoms. The van der Waals surface area contributed by atoms with Gasteiger partial charge in [0.05, 0.1) is 22.3 Å². The van der Waals surface area contributed by atoms with E-state index in [9.17, 15) is 9.59 Å². The van der Waals surface area contributed by atoms with E-state index < -0.39 is 0 Å². The van der Waals surface area contributed by atoms with Gasteiger partial charge in [-0.2, -0.15) is 0 Å². The first kappa shape index (κ1) is 22.8. The van der Waals surface area contributed by atoms with Crippen LogP contribution in [0.5, 0.6) is 0 Å². The summed E-state index contributed by atoms with van der Waals surface area (Å²) in [6, 6.07) is 25.4. The first-order valence-electron chi connectivity index (χ1n) is 11.1. The molecular weight excluding hydrogens is 430 g/mol. The van der Waals surface area contributed by atoms with E-state index in [0.29, 0.717) is 16.1 Å². The lowest BCUT2D eigenvalue weighted by Crippen LogP contribution is -2.34. The Morgan fingerprint density at radius 3 is 2.45 bits per heavy atom. The van der Waals surface area contributed by atoms with Gasteiger partial charge in [-0.05, 0) is 56.5 Å². The molecule has 0 aliphatic heterocycles. The van der Waals surface area contributed by atoms with Crippen LogP contribution in [0.1, 0.15) is 24.5 Å². The third kappa shape index (κ3) is 5.71. The van der Waals surface area contributed by atoms with Crippen molar-refractivity contribution < 1.29 is 4.79 Å². The summed E-state index contributed by atoms with van der Waals surface area (Å²) in [5.74, 6) is 0.116. The molecule has 0 spiro atoms. The summed E-state index contributed by atoms with van der Waals surface area (Å²) in [6.45, 7) is 4.02. The van der Waals surface area contributed by atoms with Gasteiger partial charge in [-0.1, -0.05) is 71.9 Å². The van der Waals surface area contributed by atoms with E-state index in [0.717, 1.165) is 24.1 Å². The number of nitrogens with one attached hydrogen (secondary N) is 1. The zero-order chi connectivity index (χ0) is 23.2. The summed E-state index contributed by atoms with van der Waals surface area (Å²) in [5.41, 5.74) is 3.60. The van der Waals surface area contributed by atoms with Crippen molar-refractivity contribution in [2.75, 3.05) is 5.75 Å². The van der Waals surface area contributed by atoms with E-state index in [1.807, 2.05) is 74.5 Å². The van der Waals surface area contributed by atoms with Crippen molar-refractivity contribution in [2.45, 2.75) is 37.9 Å². The lowest BCUT2D eigenvalue weighted by molar-refractivity contribution is -0.119. The number of rotatable bonds is 8. The fourth-order valence-corrected chi connectivity index (χ4v) is 4.50.